The van der Waals surface area contributed by atoms with Gasteiger partial charge in [0.2, 0.25) is 11.9 Å². The van der Waals surface area contributed by atoms with E-state index in [0.29, 0.717) is 24.9 Å². The minimum absolute atomic E-state index is 0.0716. The summed E-state index contributed by atoms with van der Waals surface area (Å²) in [6.45, 7) is 7.16. The second-order valence-corrected chi connectivity index (χ2v) is 9.15. The van der Waals surface area contributed by atoms with E-state index in [0.717, 1.165) is 41.6 Å². The van der Waals surface area contributed by atoms with Crippen molar-refractivity contribution in [1.29, 1.82) is 0 Å². The molecule has 2 aromatic carbocycles. The highest BCUT2D eigenvalue weighted by Gasteiger charge is 2.25. The molecule has 0 bridgehead atoms. The van der Waals surface area contributed by atoms with Crippen molar-refractivity contribution in [3.05, 3.63) is 59.7 Å². The molecule has 1 fully saturated rings. The van der Waals surface area contributed by atoms with Crippen LogP contribution in [0.25, 0.3) is 5.69 Å². The van der Waals surface area contributed by atoms with Gasteiger partial charge in [-0.05, 0) is 37.6 Å². The first-order valence-corrected chi connectivity index (χ1v) is 11.9. The molecule has 1 N–H and O–H groups in total. The third kappa shape index (κ3) is 5.48. The molecule has 9 heteroatoms. The number of rotatable bonds is 8. The van der Waals surface area contributed by atoms with E-state index >= 15 is 0 Å². The van der Waals surface area contributed by atoms with Crippen LogP contribution in [0.2, 0.25) is 0 Å². The molecule has 3 aromatic rings. The first kappa shape index (κ1) is 23.1. The van der Waals surface area contributed by atoms with E-state index in [1.165, 1.54) is 11.8 Å². The molecule has 1 aliphatic rings. The number of methoxy groups -OCH3 is 1. The molecule has 1 aromatic heterocycles. The second kappa shape index (κ2) is 10.7. The Kier molecular flexibility index (Phi) is 7.51. The average molecular weight is 468 g/mol. The Morgan fingerprint density at radius 1 is 1.18 bits per heavy atom. The average Bonchev–Trinajstić information content (AvgIpc) is 3.26. The van der Waals surface area contributed by atoms with Gasteiger partial charge in [0.1, 0.15) is 5.75 Å². The Hall–Kier alpha value is -3.04. The van der Waals surface area contributed by atoms with Crippen LogP contribution in [0.5, 0.6) is 5.75 Å². The lowest BCUT2D eigenvalue weighted by Gasteiger charge is -2.28. The number of benzene rings is 2. The molecule has 0 radical (unpaired) electrons. The van der Waals surface area contributed by atoms with Gasteiger partial charge in [-0.15, -0.1) is 10.2 Å². The van der Waals surface area contributed by atoms with Gasteiger partial charge in [-0.2, -0.15) is 0 Å². The zero-order chi connectivity index (χ0) is 23.2. The number of aromatic nitrogens is 3. The minimum Gasteiger partial charge on any atom is -0.496 e. The predicted molar refractivity (Wildman–Crippen MR) is 129 cm³/mol. The number of amides is 1. The van der Waals surface area contributed by atoms with Gasteiger partial charge in [-0.1, -0.05) is 42.1 Å². The lowest BCUT2D eigenvalue weighted by Crippen LogP contribution is -2.38. The third-order valence-electron chi connectivity index (χ3n) is 5.47. The van der Waals surface area contributed by atoms with Gasteiger partial charge in [-0.25, -0.2) is 0 Å². The van der Waals surface area contributed by atoms with Crippen molar-refractivity contribution >= 4 is 23.6 Å². The van der Waals surface area contributed by atoms with Gasteiger partial charge in [0.05, 0.1) is 31.3 Å². The van der Waals surface area contributed by atoms with Gasteiger partial charge in [-0.3, -0.25) is 9.36 Å². The fourth-order valence-electron chi connectivity index (χ4n) is 3.69. The van der Waals surface area contributed by atoms with Crippen LogP contribution in [-0.4, -0.2) is 59.3 Å². The number of para-hydroxylation sites is 1. The number of aryl methyl sites for hydroxylation is 1. The summed E-state index contributed by atoms with van der Waals surface area (Å²) in [6.07, 6.45) is 0. The molecule has 1 atom stereocenters. The highest BCUT2D eigenvalue weighted by Crippen LogP contribution is 2.30. The van der Waals surface area contributed by atoms with E-state index in [9.17, 15) is 4.79 Å². The predicted octanol–water partition coefficient (Wildman–Crippen LogP) is 3.22. The summed E-state index contributed by atoms with van der Waals surface area (Å²) in [5.74, 6) is 1.46. The summed E-state index contributed by atoms with van der Waals surface area (Å²) in [7, 11) is 1.63. The largest absolute Gasteiger partial charge is 0.496 e. The molecule has 0 aliphatic carbocycles. The number of hydrogen-bond donors (Lipinski definition) is 1. The topological polar surface area (TPSA) is 81.5 Å². The molecular weight excluding hydrogens is 438 g/mol. The summed E-state index contributed by atoms with van der Waals surface area (Å²) in [5.41, 5.74) is 3.06. The number of anilines is 1. The van der Waals surface area contributed by atoms with Gasteiger partial charge in [0.25, 0.3) is 0 Å². The maximum absolute atomic E-state index is 12.9. The Labute approximate surface area is 198 Å². The summed E-state index contributed by atoms with van der Waals surface area (Å²) in [4.78, 5) is 15.0. The maximum Gasteiger partial charge on any atom is 0.233 e. The molecule has 0 spiro atoms. The Bertz CT molecular complexity index is 1100. The number of morpholine rings is 1. The van der Waals surface area contributed by atoms with Crippen molar-refractivity contribution in [1.82, 2.24) is 20.1 Å². The maximum atomic E-state index is 12.9. The van der Waals surface area contributed by atoms with Gasteiger partial charge in [0, 0.05) is 25.2 Å². The quantitative estimate of drug-likeness (QED) is 0.510. The minimum atomic E-state index is -0.356. The lowest BCUT2D eigenvalue weighted by molar-refractivity contribution is -0.120. The van der Waals surface area contributed by atoms with Crippen LogP contribution >= 0.6 is 11.8 Å². The molecule has 1 aliphatic heterocycles. The van der Waals surface area contributed by atoms with E-state index in [1.807, 2.05) is 47.9 Å². The normalized spacial score (nSPS) is 14.7. The molecule has 1 saturated heterocycles. The van der Waals surface area contributed by atoms with Crippen molar-refractivity contribution in [2.75, 3.05) is 38.3 Å². The first-order valence-electron chi connectivity index (χ1n) is 11.0. The molecule has 1 amide bonds. The summed E-state index contributed by atoms with van der Waals surface area (Å²) >= 11 is 1.40. The van der Waals surface area contributed by atoms with Gasteiger partial charge < -0.3 is 19.7 Å². The van der Waals surface area contributed by atoms with Crippen LogP contribution in [0.4, 0.5) is 5.95 Å². The van der Waals surface area contributed by atoms with Crippen molar-refractivity contribution in [3.8, 4) is 11.4 Å². The molecule has 1 unspecified atom stereocenters. The van der Waals surface area contributed by atoms with Crippen LogP contribution in [0.15, 0.2) is 53.7 Å². The lowest BCUT2D eigenvalue weighted by atomic mass is 10.2. The zero-order valence-electron chi connectivity index (χ0n) is 19.2. The molecule has 174 valence electrons. The Morgan fingerprint density at radius 2 is 1.97 bits per heavy atom. The molecule has 0 saturated carbocycles. The fourth-order valence-corrected chi connectivity index (χ4v) is 4.57. The van der Waals surface area contributed by atoms with Crippen LogP contribution in [-0.2, 0) is 16.1 Å². The van der Waals surface area contributed by atoms with Crippen molar-refractivity contribution in [2.45, 2.75) is 30.8 Å². The Balaban J connectivity index is 1.53. The monoisotopic (exact) mass is 467 g/mol. The Morgan fingerprint density at radius 3 is 2.73 bits per heavy atom. The van der Waals surface area contributed by atoms with E-state index < -0.39 is 0 Å². The van der Waals surface area contributed by atoms with E-state index in [4.69, 9.17) is 9.47 Å². The number of nitrogens with one attached hydrogen (secondary N) is 1. The van der Waals surface area contributed by atoms with Crippen molar-refractivity contribution in [3.63, 3.8) is 0 Å². The van der Waals surface area contributed by atoms with Crippen LogP contribution < -0.4 is 15.0 Å². The standard InChI is InChI=1S/C24H29N5O3S/c1-17-7-6-9-20(15-17)29-23(28-11-13-32-14-12-28)26-27-24(29)33-18(2)22(30)25-16-19-8-4-5-10-21(19)31-3/h4-10,15,18H,11-14,16H2,1-3H3,(H,25,30). The van der Waals surface area contributed by atoms with Gasteiger partial charge in [0.15, 0.2) is 5.16 Å². The summed E-state index contributed by atoms with van der Waals surface area (Å²) in [5, 5.41) is 12.3. The smallest absolute Gasteiger partial charge is 0.233 e. The number of hydrogen-bond acceptors (Lipinski definition) is 7. The second-order valence-electron chi connectivity index (χ2n) is 7.85. The summed E-state index contributed by atoms with van der Waals surface area (Å²) < 4.78 is 12.9. The summed E-state index contributed by atoms with van der Waals surface area (Å²) in [6, 6.07) is 15.9. The van der Waals surface area contributed by atoms with Crippen molar-refractivity contribution in [2.24, 2.45) is 0 Å². The molecule has 4 rings (SSSR count). The van der Waals surface area contributed by atoms with Crippen LogP contribution in [0, 0.1) is 6.92 Å². The van der Waals surface area contributed by atoms with E-state index in [2.05, 4.69) is 39.5 Å². The van der Waals surface area contributed by atoms with Crippen LogP contribution in [0.3, 0.4) is 0 Å². The molecule has 2 heterocycles. The molecular formula is C24H29N5O3S. The number of ether oxygens (including phenoxy) is 2. The first-order chi connectivity index (χ1) is 16.1. The number of thioether (sulfide) groups is 1. The fraction of sp³-hybridized carbons (Fsp3) is 0.375. The third-order valence-corrected chi connectivity index (χ3v) is 6.51. The van der Waals surface area contributed by atoms with Crippen LogP contribution in [0.1, 0.15) is 18.1 Å². The highest BCUT2D eigenvalue weighted by molar-refractivity contribution is 8.00. The van der Waals surface area contributed by atoms with E-state index in [-0.39, 0.29) is 11.2 Å². The van der Waals surface area contributed by atoms with Crippen molar-refractivity contribution < 1.29 is 14.3 Å². The highest BCUT2D eigenvalue weighted by atomic mass is 32.2. The van der Waals surface area contributed by atoms with E-state index in [1.54, 1.807) is 7.11 Å². The zero-order valence-corrected chi connectivity index (χ0v) is 20.0. The molecule has 8 nitrogen and oxygen atoms in total. The number of carbonyl (C=O) groups excluding carboxylic acids is 1. The van der Waals surface area contributed by atoms with Gasteiger partial charge >= 0.3 is 0 Å². The SMILES string of the molecule is COc1ccccc1CNC(=O)C(C)Sc1nnc(N2CCOCC2)n1-c1cccc(C)c1. The number of carbonyl (C=O) groups is 1. The molecule has 33 heavy (non-hydrogen) atoms. The number of nitrogens with zero attached hydrogens (tertiary/aromatic N) is 4.